The van der Waals surface area contributed by atoms with Gasteiger partial charge >= 0.3 is 5.97 Å². The van der Waals surface area contributed by atoms with Gasteiger partial charge < -0.3 is 9.64 Å². The molecule has 0 aromatic heterocycles. The van der Waals surface area contributed by atoms with Gasteiger partial charge in [0.2, 0.25) is 0 Å². The van der Waals surface area contributed by atoms with Crippen LogP contribution in [0.3, 0.4) is 0 Å². The highest BCUT2D eigenvalue weighted by molar-refractivity contribution is 5.76. The van der Waals surface area contributed by atoms with Crippen molar-refractivity contribution in [2.24, 2.45) is 5.41 Å². The average Bonchev–Trinajstić information content (AvgIpc) is 2.25. The number of carbonyl (C=O) groups is 1. The lowest BCUT2D eigenvalue weighted by Crippen LogP contribution is -2.47. The first-order valence-corrected chi connectivity index (χ1v) is 6.71. The third kappa shape index (κ3) is 3.44. The topological polar surface area (TPSA) is 29.5 Å². The van der Waals surface area contributed by atoms with Gasteiger partial charge in [-0.05, 0) is 54.0 Å². The van der Waals surface area contributed by atoms with Gasteiger partial charge in [0.15, 0.2) is 0 Å². The maximum Gasteiger partial charge on any atom is 0.311 e. The summed E-state index contributed by atoms with van der Waals surface area (Å²) in [5.74, 6) is -0.0473. The summed E-state index contributed by atoms with van der Waals surface area (Å²) >= 11 is 0. The van der Waals surface area contributed by atoms with Gasteiger partial charge in [-0.25, -0.2) is 0 Å². The van der Waals surface area contributed by atoms with Crippen molar-refractivity contribution in [3.05, 3.63) is 0 Å². The van der Waals surface area contributed by atoms with E-state index in [2.05, 4.69) is 25.8 Å². The van der Waals surface area contributed by atoms with Crippen molar-refractivity contribution in [2.75, 3.05) is 7.05 Å². The lowest BCUT2D eigenvalue weighted by molar-refractivity contribution is -0.163. The molecule has 0 aromatic rings. The molecular formula is C14H27NO2. The molecule has 17 heavy (non-hydrogen) atoms. The van der Waals surface area contributed by atoms with Crippen LogP contribution in [0.2, 0.25) is 0 Å². The third-order valence-electron chi connectivity index (χ3n) is 4.31. The summed E-state index contributed by atoms with van der Waals surface area (Å²) in [6.07, 6.45) is 2.82. The van der Waals surface area contributed by atoms with Crippen molar-refractivity contribution in [3.8, 4) is 0 Å². The zero-order valence-electron chi connectivity index (χ0n) is 12.1. The minimum atomic E-state index is -0.351. The molecule has 1 rings (SSSR count). The van der Waals surface area contributed by atoms with Gasteiger partial charge in [0.05, 0.1) is 5.41 Å². The van der Waals surface area contributed by atoms with Crippen LogP contribution in [0, 0.1) is 5.41 Å². The molecule has 100 valence electrons. The smallest absolute Gasteiger partial charge is 0.311 e. The van der Waals surface area contributed by atoms with Crippen LogP contribution in [-0.4, -0.2) is 36.1 Å². The first-order chi connectivity index (χ1) is 7.77. The molecule has 3 heteroatoms. The van der Waals surface area contributed by atoms with Crippen LogP contribution in [0.5, 0.6) is 0 Å². The Morgan fingerprint density at radius 3 is 2.18 bits per heavy atom. The molecule has 1 aliphatic heterocycles. The van der Waals surface area contributed by atoms with E-state index in [1.807, 2.05) is 20.8 Å². The van der Waals surface area contributed by atoms with Gasteiger partial charge in [-0.2, -0.15) is 0 Å². The zero-order valence-corrected chi connectivity index (χ0v) is 12.1. The first-order valence-electron chi connectivity index (χ1n) is 6.71. The zero-order chi connectivity index (χ0) is 13.2. The molecule has 1 fully saturated rings. The molecule has 0 N–H and O–H groups in total. The Labute approximate surface area is 106 Å². The second-order valence-electron chi connectivity index (χ2n) is 6.10. The van der Waals surface area contributed by atoms with Crippen LogP contribution >= 0.6 is 0 Å². The van der Waals surface area contributed by atoms with Crippen LogP contribution in [0.15, 0.2) is 0 Å². The molecule has 1 saturated heterocycles. The van der Waals surface area contributed by atoms with E-state index < -0.39 is 0 Å². The fourth-order valence-electron chi connectivity index (χ4n) is 2.18. The molecule has 2 unspecified atom stereocenters. The molecule has 0 spiro atoms. The molecule has 1 aliphatic rings. The number of carbonyl (C=O) groups excluding carboxylic acids is 1. The number of rotatable bonds is 3. The van der Waals surface area contributed by atoms with E-state index >= 15 is 0 Å². The van der Waals surface area contributed by atoms with Crippen LogP contribution in [0.25, 0.3) is 0 Å². The van der Waals surface area contributed by atoms with Crippen molar-refractivity contribution >= 4 is 5.97 Å². The fourth-order valence-corrected chi connectivity index (χ4v) is 2.18. The van der Waals surface area contributed by atoms with Gasteiger partial charge in [0.1, 0.15) is 6.10 Å². The van der Waals surface area contributed by atoms with Crippen molar-refractivity contribution in [1.82, 2.24) is 4.90 Å². The summed E-state index contributed by atoms with van der Waals surface area (Å²) in [4.78, 5) is 14.4. The van der Waals surface area contributed by atoms with E-state index in [1.54, 1.807) is 0 Å². The van der Waals surface area contributed by atoms with E-state index in [1.165, 1.54) is 0 Å². The minimum absolute atomic E-state index is 0.0473. The van der Waals surface area contributed by atoms with Crippen LogP contribution in [-0.2, 0) is 9.53 Å². The van der Waals surface area contributed by atoms with Crippen molar-refractivity contribution in [1.29, 1.82) is 0 Å². The molecule has 1 heterocycles. The van der Waals surface area contributed by atoms with Crippen LogP contribution < -0.4 is 0 Å². The van der Waals surface area contributed by atoms with E-state index in [0.717, 1.165) is 19.3 Å². The van der Waals surface area contributed by atoms with Crippen LogP contribution in [0.1, 0.15) is 53.9 Å². The van der Waals surface area contributed by atoms with Gasteiger partial charge in [-0.1, -0.05) is 6.92 Å². The van der Waals surface area contributed by atoms with Gasteiger partial charge in [-0.3, -0.25) is 4.79 Å². The predicted octanol–water partition coefficient (Wildman–Crippen LogP) is 2.84. The Morgan fingerprint density at radius 2 is 1.76 bits per heavy atom. The minimum Gasteiger partial charge on any atom is -0.462 e. The van der Waals surface area contributed by atoms with E-state index in [9.17, 15) is 4.79 Å². The largest absolute Gasteiger partial charge is 0.462 e. The second kappa shape index (κ2) is 5.38. The summed E-state index contributed by atoms with van der Waals surface area (Å²) in [7, 11) is 2.14. The lowest BCUT2D eigenvalue weighted by atomic mass is 9.90. The third-order valence-corrected chi connectivity index (χ3v) is 4.31. The molecular weight excluding hydrogens is 214 g/mol. The maximum atomic E-state index is 12.0. The summed E-state index contributed by atoms with van der Waals surface area (Å²) in [5.41, 5.74) is -0.351. The number of esters is 1. The van der Waals surface area contributed by atoms with Crippen molar-refractivity contribution in [3.63, 3.8) is 0 Å². The van der Waals surface area contributed by atoms with Gasteiger partial charge in [0, 0.05) is 12.1 Å². The highest BCUT2D eigenvalue weighted by atomic mass is 16.5. The standard InChI is InChI=1S/C14H27NO2/c1-7-14(4,5)13(16)17-12-8-10(2)15(6)11(3)9-12/h10-12H,7-9H2,1-6H3. The Bertz CT molecular complexity index is 263. The summed E-state index contributed by atoms with van der Waals surface area (Å²) < 4.78 is 5.67. The van der Waals surface area contributed by atoms with E-state index in [0.29, 0.717) is 12.1 Å². The highest BCUT2D eigenvalue weighted by Gasteiger charge is 2.34. The number of nitrogens with zero attached hydrogens (tertiary/aromatic N) is 1. The number of hydrogen-bond acceptors (Lipinski definition) is 3. The number of ether oxygens (including phenoxy) is 1. The van der Waals surface area contributed by atoms with E-state index in [-0.39, 0.29) is 17.5 Å². The van der Waals surface area contributed by atoms with Crippen molar-refractivity contribution < 1.29 is 9.53 Å². The fraction of sp³-hybridized carbons (Fsp3) is 0.929. The predicted molar refractivity (Wildman–Crippen MR) is 69.9 cm³/mol. The Hall–Kier alpha value is -0.570. The summed E-state index contributed by atoms with van der Waals surface area (Å²) in [6, 6.07) is 0.975. The molecule has 0 amide bonds. The highest BCUT2D eigenvalue weighted by Crippen LogP contribution is 2.28. The first kappa shape index (κ1) is 14.5. The van der Waals surface area contributed by atoms with Crippen molar-refractivity contribution in [2.45, 2.75) is 72.1 Å². The Morgan fingerprint density at radius 1 is 1.29 bits per heavy atom. The summed E-state index contributed by atoms with van der Waals surface area (Å²) in [6.45, 7) is 10.3. The maximum absolute atomic E-state index is 12.0. The molecule has 3 nitrogen and oxygen atoms in total. The summed E-state index contributed by atoms with van der Waals surface area (Å²) in [5, 5.41) is 0. The SMILES string of the molecule is CCC(C)(C)C(=O)OC1CC(C)N(C)C(C)C1. The molecule has 2 atom stereocenters. The Balaban J connectivity index is 2.56. The second-order valence-corrected chi connectivity index (χ2v) is 6.10. The number of likely N-dealkylation sites (tertiary alicyclic amines) is 1. The van der Waals surface area contributed by atoms with Gasteiger partial charge in [0.25, 0.3) is 0 Å². The van der Waals surface area contributed by atoms with Crippen LogP contribution in [0.4, 0.5) is 0 Å². The monoisotopic (exact) mass is 241 g/mol. The quantitative estimate of drug-likeness (QED) is 0.712. The Kier molecular flexibility index (Phi) is 4.59. The molecule has 0 bridgehead atoms. The van der Waals surface area contributed by atoms with Gasteiger partial charge in [-0.15, -0.1) is 0 Å². The molecule has 0 aromatic carbocycles. The molecule has 0 saturated carbocycles. The number of hydrogen-bond donors (Lipinski definition) is 0. The lowest BCUT2D eigenvalue weighted by Gasteiger charge is -2.40. The average molecular weight is 241 g/mol. The molecule has 0 aliphatic carbocycles. The normalized spacial score (nSPS) is 31.3. The molecule has 0 radical (unpaired) electrons. The van der Waals surface area contributed by atoms with E-state index in [4.69, 9.17) is 4.74 Å². The number of piperidine rings is 1.